The molecule has 1 aliphatic heterocycles. The molecule has 1 saturated heterocycles. The van der Waals surface area contributed by atoms with E-state index in [0.29, 0.717) is 13.2 Å². The first-order valence-electron chi connectivity index (χ1n) is 8.36. The molecule has 1 heterocycles. The van der Waals surface area contributed by atoms with Crippen LogP contribution in [0.2, 0.25) is 0 Å². The van der Waals surface area contributed by atoms with Crippen molar-refractivity contribution in [2.24, 2.45) is 0 Å². The van der Waals surface area contributed by atoms with Crippen molar-refractivity contribution in [2.45, 2.75) is 63.8 Å². The molecule has 1 aliphatic carbocycles. The summed E-state index contributed by atoms with van der Waals surface area (Å²) in [5.74, 6) is 0.110. The Hall–Kier alpha value is -1.10. The molecule has 0 aromatic carbocycles. The third kappa shape index (κ3) is 4.19. The molecule has 0 unspecified atom stereocenters. The van der Waals surface area contributed by atoms with Crippen molar-refractivity contribution >= 4 is 11.8 Å². The third-order valence-electron chi connectivity index (χ3n) is 4.48. The molecule has 5 heteroatoms. The Morgan fingerprint density at radius 2 is 1.86 bits per heavy atom. The molecule has 0 aromatic heterocycles. The molecule has 120 valence electrons. The maximum atomic E-state index is 12.7. The first kappa shape index (κ1) is 16.3. The summed E-state index contributed by atoms with van der Waals surface area (Å²) in [5, 5.41) is 2.97. The summed E-state index contributed by atoms with van der Waals surface area (Å²) in [7, 11) is 0. The molecule has 0 radical (unpaired) electrons. The van der Waals surface area contributed by atoms with E-state index in [9.17, 15) is 9.59 Å². The van der Waals surface area contributed by atoms with Crippen LogP contribution in [0, 0.1) is 0 Å². The van der Waals surface area contributed by atoms with Crippen LogP contribution < -0.4 is 5.32 Å². The summed E-state index contributed by atoms with van der Waals surface area (Å²) < 4.78 is 5.53. The van der Waals surface area contributed by atoms with E-state index in [-0.39, 0.29) is 18.4 Å². The van der Waals surface area contributed by atoms with Crippen molar-refractivity contribution in [1.82, 2.24) is 10.2 Å². The van der Waals surface area contributed by atoms with E-state index in [4.69, 9.17) is 4.74 Å². The Labute approximate surface area is 127 Å². The molecule has 1 spiro atoms. The average molecular weight is 296 g/mol. The minimum absolute atomic E-state index is 0.0107. The number of amides is 2. The standard InChI is InChI=1S/C16H28N2O3/c1-2-3-11-21-12-7-10-18-13-14(19)17-16(15(18)20)8-5-4-6-9-16/h2-13H2,1H3,(H,17,19). The number of carbonyl (C=O) groups excluding carboxylic acids is 2. The molecule has 0 atom stereocenters. The van der Waals surface area contributed by atoms with Gasteiger partial charge in [-0.15, -0.1) is 0 Å². The van der Waals surface area contributed by atoms with Crippen LogP contribution in [-0.4, -0.2) is 48.6 Å². The fraction of sp³-hybridized carbons (Fsp3) is 0.875. The van der Waals surface area contributed by atoms with Crippen molar-refractivity contribution in [3.63, 3.8) is 0 Å². The van der Waals surface area contributed by atoms with E-state index in [1.54, 1.807) is 4.90 Å². The van der Waals surface area contributed by atoms with Crippen molar-refractivity contribution in [1.29, 1.82) is 0 Å². The summed E-state index contributed by atoms with van der Waals surface area (Å²) >= 11 is 0. The van der Waals surface area contributed by atoms with Crippen LogP contribution in [0.25, 0.3) is 0 Å². The molecule has 2 fully saturated rings. The van der Waals surface area contributed by atoms with E-state index in [2.05, 4.69) is 12.2 Å². The molecule has 21 heavy (non-hydrogen) atoms. The summed E-state index contributed by atoms with van der Waals surface area (Å²) in [6.45, 7) is 4.42. The normalized spacial score (nSPS) is 21.7. The highest BCUT2D eigenvalue weighted by atomic mass is 16.5. The Bertz CT molecular complexity index is 365. The van der Waals surface area contributed by atoms with Crippen molar-refractivity contribution < 1.29 is 14.3 Å². The van der Waals surface area contributed by atoms with Gasteiger partial charge in [-0.1, -0.05) is 32.6 Å². The number of rotatable bonds is 7. The zero-order valence-corrected chi connectivity index (χ0v) is 13.2. The SMILES string of the molecule is CCCCOCCCN1CC(=O)NC2(CCCCC2)C1=O. The Morgan fingerprint density at radius 3 is 2.57 bits per heavy atom. The number of hydrogen-bond acceptors (Lipinski definition) is 3. The molecule has 5 nitrogen and oxygen atoms in total. The highest BCUT2D eigenvalue weighted by Crippen LogP contribution is 2.31. The molecule has 0 bridgehead atoms. The third-order valence-corrected chi connectivity index (χ3v) is 4.48. The summed E-state index contributed by atoms with van der Waals surface area (Å²) in [6.07, 6.45) is 7.82. The average Bonchev–Trinajstić information content (AvgIpc) is 2.48. The molecule has 1 N–H and O–H groups in total. The molecule has 1 saturated carbocycles. The van der Waals surface area contributed by atoms with Gasteiger partial charge in [-0.25, -0.2) is 0 Å². The van der Waals surface area contributed by atoms with Gasteiger partial charge in [0, 0.05) is 19.8 Å². The van der Waals surface area contributed by atoms with Gasteiger partial charge >= 0.3 is 0 Å². The van der Waals surface area contributed by atoms with Crippen LogP contribution in [-0.2, 0) is 14.3 Å². The fourth-order valence-corrected chi connectivity index (χ4v) is 3.29. The van der Waals surface area contributed by atoms with Gasteiger partial charge in [0.1, 0.15) is 5.54 Å². The van der Waals surface area contributed by atoms with E-state index >= 15 is 0 Å². The quantitative estimate of drug-likeness (QED) is 0.730. The predicted molar refractivity (Wildman–Crippen MR) is 80.9 cm³/mol. The van der Waals surface area contributed by atoms with Gasteiger partial charge in [-0.05, 0) is 25.7 Å². The Morgan fingerprint density at radius 1 is 1.14 bits per heavy atom. The minimum Gasteiger partial charge on any atom is -0.381 e. The van der Waals surface area contributed by atoms with Crippen molar-refractivity contribution in [3.05, 3.63) is 0 Å². The second-order valence-electron chi connectivity index (χ2n) is 6.24. The van der Waals surface area contributed by atoms with Crippen molar-refractivity contribution in [2.75, 3.05) is 26.3 Å². The number of nitrogens with zero attached hydrogens (tertiary/aromatic N) is 1. The van der Waals surface area contributed by atoms with Gasteiger partial charge in [0.25, 0.3) is 0 Å². The first-order valence-corrected chi connectivity index (χ1v) is 8.36. The van der Waals surface area contributed by atoms with Gasteiger partial charge in [-0.2, -0.15) is 0 Å². The van der Waals surface area contributed by atoms with Gasteiger partial charge in [-0.3, -0.25) is 9.59 Å². The largest absolute Gasteiger partial charge is 0.381 e. The lowest BCUT2D eigenvalue weighted by Gasteiger charge is -2.44. The summed E-state index contributed by atoms with van der Waals surface area (Å²) in [5.41, 5.74) is -0.601. The fourth-order valence-electron chi connectivity index (χ4n) is 3.29. The van der Waals surface area contributed by atoms with E-state index < -0.39 is 5.54 Å². The second kappa shape index (κ2) is 7.78. The van der Waals surface area contributed by atoms with E-state index in [1.807, 2.05) is 0 Å². The second-order valence-corrected chi connectivity index (χ2v) is 6.24. The zero-order valence-electron chi connectivity index (χ0n) is 13.2. The monoisotopic (exact) mass is 296 g/mol. The number of piperazine rings is 1. The number of nitrogens with one attached hydrogen (secondary N) is 1. The minimum atomic E-state index is -0.601. The summed E-state index contributed by atoms with van der Waals surface area (Å²) in [4.78, 5) is 26.3. The lowest BCUT2D eigenvalue weighted by atomic mass is 9.79. The topological polar surface area (TPSA) is 58.6 Å². The van der Waals surface area contributed by atoms with E-state index in [0.717, 1.165) is 58.0 Å². The van der Waals surface area contributed by atoms with Crippen molar-refractivity contribution in [3.8, 4) is 0 Å². The zero-order chi connectivity index (χ0) is 15.1. The van der Waals surface area contributed by atoms with Crippen LogP contribution in [0.4, 0.5) is 0 Å². The maximum Gasteiger partial charge on any atom is 0.248 e. The molecule has 2 rings (SSSR count). The number of carbonyl (C=O) groups is 2. The summed E-state index contributed by atoms with van der Waals surface area (Å²) in [6, 6.07) is 0. The first-order chi connectivity index (χ1) is 10.2. The van der Waals surface area contributed by atoms with Crippen LogP contribution in [0.1, 0.15) is 58.3 Å². The maximum absolute atomic E-state index is 12.7. The number of ether oxygens (including phenoxy) is 1. The lowest BCUT2D eigenvalue weighted by molar-refractivity contribution is -0.151. The van der Waals surface area contributed by atoms with Gasteiger partial charge in [0.2, 0.25) is 11.8 Å². The molecular weight excluding hydrogens is 268 g/mol. The predicted octanol–water partition coefficient (Wildman–Crippen LogP) is 1.85. The van der Waals surface area contributed by atoms with Gasteiger partial charge in [0.05, 0.1) is 6.54 Å². The van der Waals surface area contributed by atoms with Crippen LogP contribution in [0.3, 0.4) is 0 Å². The lowest BCUT2D eigenvalue weighted by Crippen LogP contribution is -2.67. The highest BCUT2D eigenvalue weighted by molar-refractivity contribution is 5.98. The Balaban J connectivity index is 1.81. The van der Waals surface area contributed by atoms with E-state index in [1.165, 1.54) is 0 Å². The molecule has 0 aromatic rings. The smallest absolute Gasteiger partial charge is 0.248 e. The van der Waals surface area contributed by atoms with Crippen LogP contribution in [0.15, 0.2) is 0 Å². The molecular formula is C16H28N2O3. The molecule has 2 amide bonds. The number of hydrogen-bond donors (Lipinski definition) is 1. The highest BCUT2D eigenvalue weighted by Gasteiger charge is 2.46. The van der Waals surface area contributed by atoms with Crippen LogP contribution >= 0.6 is 0 Å². The van der Waals surface area contributed by atoms with Gasteiger partial charge < -0.3 is 15.0 Å². The molecule has 2 aliphatic rings. The van der Waals surface area contributed by atoms with Gasteiger partial charge in [0.15, 0.2) is 0 Å². The number of unbranched alkanes of at least 4 members (excludes halogenated alkanes) is 1. The Kier molecular flexibility index (Phi) is 6.03. The van der Waals surface area contributed by atoms with Crippen LogP contribution in [0.5, 0.6) is 0 Å².